The van der Waals surface area contributed by atoms with Gasteiger partial charge in [-0.15, -0.1) is 0 Å². The van der Waals surface area contributed by atoms with Crippen LogP contribution in [0.5, 0.6) is 5.75 Å². The molecule has 0 spiro atoms. The van der Waals surface area contributed by atoms with Crippen LogP contribution in [0.1, 0.15) is 38.3 Å². The van der Waals surface area contributed by atoms with Gasteiger partial charge in [-0.25, -0.2) is 9.59 Å². The molecule has 4 heteroatoms. The minimum Gasteiger partial charge on any atom is -0.462 e. The molecule has 3 aromatic rings. The first-order valence-corrected chi connectivity index (χ1v) is 9.22. The summed E-state index contributed by atoms with van der Waals surface area (Å²) in [5.74, 6) is -0.569. The van der Waals surface area contributed by atoms with Gasteiger partial charge in [0.25, 0.3) is 0 Å². The SMILES string of the molecule is Cc1ccccc1C(=O)Oc1cccc(C(=O)OCCCc2ccccc2)c1. The lowest BCUT2D eigenvalue weighted by atomic mass is 10.1. The van der Waals surface area contributed by atoms with Gasteiger partial charge < -0.3 is 9.47 Å². The smallest absolute Gasteiger partial charge is 0.343 e. The third kappa shape index (κ3) is 5.30. The maximum atomic E-state index is 12.3. The summed E-state index contributed by atoms with van der Waals surface area (Å²) in [5, 5.41) is 0. The van der Waals surface area contributed by atoms with Gasteiger partial charge in [-0.3, -0.25) is 0 Å². The molecule has 0 amide bonds. The predicted molar refractivity (Wildman–Crippen MR) is 108 cm³/mol. The summed E-state index contributed by atoms with van der Waals surface area (Å²) < 4.78 is 10.7. The molecule has 0 aromatic heterocycles. The van der Waals surface area contributed by atoms with Crippen LogP contribution in [-0.4, -0.2) is 18.5 Å². The molecule has 3 rings (SSSR count). The Morgan fingerprint density at radius 1 is 0.821 bits per heavy atom. The second-order valence-electron chi connectivity index (χ2n) is 6.46. The molecule has 0 aliphatic carbocycles. The number of rotatable bonds is 7. The summed E-state index contributed by atoms with van der Waals surface area (Å²) in [6.45, 7) is 2.18. The van der Waals surface area contributed by atoms with E-state index in [4.69, 9.17) is 9.47 Å². The topological polar surface area (TPSA) is 52.6 Å². The van der Waals surface area contributed by atoms with E-state index < -0.39 is 11.9 Å². The van der Waals surface area contributed by atoms with Crippen molar-refractivity contribution in [3.05, 3.63) is 101 Å². The lowest BCUT2D eigenvalue weighted by Crippen LogP contribution is -2.11. The van der Waals surface area contributed by atoms with Crippen molar-refractivity contribution in [1.29, 1.82) is 0 Å². The van der Waals surface area contributed by atoms with Crippen molar-refractivity contribution in [1.82, 2.24) is 0 Å². The Balaban J connectivity index is 1.54. The van der Waals surface area contributed by atoms with E-state index in [1.54, 1.807) is 30.3 Å². The number of hydrogen-bond acceptors (Lipinski definition) is 4. The molecule has 0 aliphatic rings. The summed E-state index contributed by atoms with van der Waals surface area (Å²) in [6, 6.07) is 23.7. The molecule has 0 N–H and O–H groups in total. The number of benzene rings is 3. The average molecular weight is 374 g/mol. The fourth-order valence-electron chi connectivity index (χ4n) is 2.82. The Bertz CT molecular complexity index is 948. The van der Waals surface area contributed by atoms with Gasteiger partial charge in [-0.1, -0.05) is 54.6 Å². The highest BCUT2D eigenvalue weighted by Crippen LogP contribution is 2.17. The maximum absolute atomic E-state index is 12.3. The highest BCUT2D eigenvalue weighted by atomic mass is 16.5. The molecule has 4 nitrogen and oxygen atoms in total. The standard InChI is InChI=1S/C24H22O4/c1-18-9-5-6-15-22(18)24(26)28-21-14-7-13-20(17-21)23(25)27-16-8-12-19-10-3-2-4-11-19/h2-7,9-11,13-15,17H,8,12,16H2,1H3. The Morgan fingerprint density at radius 2 is 1.57 bits per heavy atom. The molecule has 0 saturated carbocycles. The van der Waals surface area contributed by atoms with Crippen LogP contribution in [0.4, 0.5) is 0 Å². The van der Waals surface area contributed by atoms with Crippen LogP contribution in [0.25, 0.3) is 0 Å². The van der Waals surface area contributed by atoms with E-state index in [2.05, 4.69) is 0 Å². The average Bonchev–Trinajstić information content (AvgIpc) is 2.72. The van der Waals surface area contributed by atoms with Crippen LogP contribution in [-0.2, 0) is 11.2 Å². The highest BCUT2D eigenvalue weighted by molar-refractivity contribution is 5.93. The summed E-state index contributed by atoms with van der Waals surface area (Å²) in [6.07, 6.45) is 1.60. The highest BCUT2D eigenvalue weighted by Gasteiger charge is 2.13. The summed E-state index contributed by atoms with van der Waals surface area (Å²) in [7, 11) is 0. The van der Waals surface area contributed by atoms with Crippen LogP contribution in [0.3, 0.4) is 0 Å². The fraction of sp³-hybridized carbons (Fsp3) is 0.167. The van der Waals surface area contributed by atoms with Crippen LogP contribution >= 0.6 is 0 Å². The van der Waals surface area contributed by atoms with Gasteiger partial charge in [0.2, 0.25) is 0 Å². The number of hydrogen-bond donors (Lipinski definition) is 0. The molecule has 0 bridgehead atoms. The second-order valence-corrected chi connectivity index (χ2v) is 6.46. The zero-order valence-corrected chi connectivity index (χ0v) is 15.8. The molecule has 0 fully saturated rings. The predicted octanol–water partition coefficient (Wildman–Crippen LogP) is 5.00. The number of carbonyl (C=O) groups excluding carboxylic acids is 2. The van der Waals surface area contributed by atoms with Gasteiger partial charge in [0.15, 0.2) is 0 Å². The largest absolute Gasteiger partial charge is 0.462 e. The molecule has 0 saturated heterocycles. The lowest BCUT2D eigenvalue weighted by molar-refractivity contribution is 0.0498. The molecule has 142 valence electrons. The monoisotopic (exact) mass is 374 g/mol. The van der Waals surface area contributed by atoms with Gasteiger partial charge in [0, 0.05) is 0 Å². The zero-order chi connectivity index (χ0) is 19.8. The van der Waals surface area contributed by atoms with E-state index in [9.17, 15) is 9.59 Å². The molecule has 0 atom stereocenters. The minimum atomic E-state index is -0.452. The molecule has 0 aliphatic heterocycles. The molecule has 3 aromatic carbocycles. The Labute approximate surface area is 164 Å². The first kappa shape index (κ1) is 19.4. The third-order valence-electron chi connectivity index (χ3n) is 4.33. The zero-order valence-electron chi connectivity index (χ0n) is 15.8. The van der Waals surface area contributed by atoms with E-state index in [0.717, 1.165) is 18.4 Å². The van der Waals surface area contributed by atoms with Gasteiger partial charge in [-0.05, 0) is 55.2 Å². The normalized spacial score (nSPS) is 10.3. The molecular weight excluding hydrogens is 352 g/mol. The van der Waals surface area contributed by atoms with E-state index in [-0.39, 0.29) is 0 Å². The number of aryl methyl sites for hydroxylation is 2. The van der Waals surface area contributed by atoms with Crippen molar-refractivity contribution in [2.24, 2.45) is 0 Å². The van der Waals surface area contributed by atoms with Gasteiger partial charge in [0.1, 0.15) is 5.75 Å². The second kappa shape index (κ2) is 9.51. The summed E-state index contributed by atoms with van der Waals surface area (Å²) in [4.78, 5) is 24.6. The van der Waals surface area contributed by atoms with Crippen molar-refractivity contribution in [3.63, 3.8) is 0 Å². The fourth-order valence-corrected chi connectivity index (χ4v) is 2.82. The Kier molecular flexibility index (Phi) is 6.58. The Hall–Kier alpha value is -3.40. The molecule has 0 radical (unpaired) electrons. The summed E-state index contributed by atoms with van der Waals surface area (Å²) in [5.41, 5.74) is 2.90. The third-order valence-corrected chi connectivity index (χ3v) is 4.33. The number of esters is 2. The van der Waals surface area contributed by atoms with Crippen LogP contribution in [0.15, 0.2) is 78.9 Å². The molecular formula is C24H22O4. The van der Waals surface area contributed by atoms with Crippen molar-refractivity contribution < 1.29 is 19.1 Å². The van der Waals surface area contributed by atoms with Gasteiger partial charge in [0.05, 0.1) is 17.7 Å². The van der Waals surface area contributed by atoms with Crippen LogP contribution in [0, 0.1) is 6.92 Å². The maximum Gasteiger partial charge on any atom is 0.343 e. The molecule has 28 heavy (non-hydrogen) atoms. The first-order valence-electron chi connectivity index (χ1n) is 9.22. The van der Waals surface area contributed by atoms with Gasteiger partial charge in [-0.2, -0.15) is 0 Å². The van der Waals surface area contributed by atoms with E-state index in [1.807, 2.05) is 49.4 Å². The van der Waals surface area contributed by atoms with Crippen molar-refractivity contribution in [2.75, 3.05) is 6.61 Å². The Morgan fingerprint density at radius 3 is 2.36 bits per heavy atom. The van der Waals surface area contributed by atoms with Crippen LogP contribution < -0.4 is 4.74 Å². The van der Waals surface area contributed by atoms with E-state index >= 15 is 0 Å². The number of carbonyl (C=O) groups is 2. The molecule has 0 heterocycles. The molecule has 0 unspecified atom stereocenters. The first-order chi connectivity index (χ1) is 13.6. The van der Waals surface area contributed by atoms with E-state index in [1.165, 1.54) is 11.6 Å². The number of ether oxygens (including phenoxy) is 2. The minimum absolute atomic E-state index is 0.312. The van der Waals surface area contributed by atoms with Crippen molar-refractivity contribution in [2.45, 2.75) is 19.8 Å². The van der Waals surface area contributed by atoms with Gasteiger partial charge >= 0.3 is 11.9 Å². The van der Waals surface area contributed by atoms with Crippen LogP contribution in [0.2, 0.25) is 0 Å². The summed E-state index contributed by atoms with van der Waals surface area (Å²) >= 11 is 0. The van der Waals surface area contributed by atoms with Crippen molar-refractivity contribution >= 4 is 11.9 Å². The van der Waals surface area contributed by atoms with Crippen molar-refractivity contribution in [3.8, 4) is 5.75 Å². The van der Waals surface area contributed by atoms with E-state index in [0.29, 0.717) is 23.5 Å². The quantitative estimate of drug-likeness (QED) is 0.332. The lowest BCUT2D eigenvalue weighted by Gasteiger charge is -2.08.